The van der Waals surface area contributed by atoms with Gasteiger partial charge in [0.2, 0.25) is 18.6 Å². The summed E-state index contributed by atoms with van der Waals surface area (Å²) in [6.07, 6.45) is 3.17. The Morgan fingerprint density at radius 2 is 2.00 bits per heavy atom. The van der Waals surface area contributed by atoms with Gasteiger partial charge in [-0.1, -0.05) is 6.07 Å². The van der Waals surface area contributed by atoms with Gasteiger partial charge in [0.1, 0.15) is 0 Å². The van der Waals surface area contributed by atoms with Crippen molar-refractivity contribution in [2.75, 3.05) is 26.4 Å². The number of carbonyl (C=O) groups excluding carboxylic acids is 3. The summed E-state index contributed by atoms with van der Waals surface area (Å²) in [5, 5.41) is 2.48. The number of hydrogen-bond acceptors (Lipinski definition) is 5. The first-order valence-electron chi connectivity index (χ1n) is 7.58. The van der Waals surface area contributed by atoms with E-state index in [2.05, 4.69) is 5.32 Å². The largest absolute Gasteiger partial charge is 0.454 e. The van der Waals surface area contributed by atoms with Crippen LogP contribution in [0.1, 0.15) is 5.56 Å². The number of carbonyl (C=O) groups is 3. The van der Waals surface area contributed by atoms with Crippen LogP contribution in [0.2, 0.25) is 0 Å². The van der Waals surface area contributed by atoms with Crippen LogP contribution in [0.15, 0.2) is 24.3 Å². The molecule has 0 saturated carbocycles. The van der Waals surface area contributed by atoms with Crippen molar-refractivity contribution < 1.29 is 23.9 Å². The van der Waals surface area contributed by atoms with Crippen molar-refractivity contribution in [3.63, 3.8) is 0 Å². The smallest absolute Gasteiger partial charge is 0.324 e. The zero-order chi connectivity index (χ0) is 16.7. The van der Waals surface area contributed by atoms with Crippen LogP contribution in [0.3, 0.4) is 0 Å². The lowest BCUT2D eigenvalue weighted by atomic mass is 10.1. The molecule has 24 heavy (non-hydrogen) atoms. The maximum atomic E-state index is 12.1. The average Bonchev–Trinajstić information content (AvgIpc) is 3.12. The van der Waals surface area contributed by atoms with E-state index in [-0.39, 0.29) is 37.2 Å². The van der Waals surface area contributed by atoms with Crippen molar-refractivity contribution in [2.45, 2.75) is 6.04 Å². The van der Waals surface area contributed by atoms with Gasteiger partial charge in [-0.2, -0.15) is 0 Å². The molecule has 0 aliphatic carbocycles. The van der Waals surface area contributed by atoms with E-state index < -0.39 is 0 Å². The van der Waals surface area contributed by atoms with Crippen LogP contribution in [0.5, 0.6) is 11.5 Å². The second-order valence-corrected chi connectivity index (χ2v) is 5.77. The molecule has 1 N–H and O–H groups in total. The molecule has 3 aliphatic rings. The fraction of sp³-hybridized carbons (Fsp3) is 0.312. The van der Waals surface area contributed by atoms with Gasteiger partial charge >= 0.3 is 6.03 Å². The van der Waals surface area contributed by atoms with Gasteiger partial charge in [-0.15, -0.1) is 0 Å². The molecule has 0 aromatic heterocycles. The summed E-state index contributed by atoms with van der Waals surface area (Å²) < 4.78 is 10.5. The highest BCUT2D eigenvalue weighted by Crippen LogP contribution is 2.32. The Bertz CT molecular complexity index is 738. The van der Waals surface area contributed by atoms with E-state index in [1.54, 1.807) is 23.1 Å². The van der Waals surface area contributed by atoms with Crippen LogP contribution in [-0.2, 0) is 9.59 Å². The summed E-state index contributed by atoms with van der Waals surface area (Å²) in [4.78, 5) is 38.1. The SMILES string of the molecule is O=C(/C=C/c1ccc2c(c1)OCO2)N1CC(N2C(=O)CNC2=O)C1. The number of amides is 4. The average molecular weight is 329 g/mol. The molecule has 0 bridgehead atoms. The number of benzene rings is 1. The Morgan fingerprint density at radius 3 is 2.75 bits per heavy atom. The molecular formula is C16H15N3O5. The fourth-order valence-corrected chi connectivity index (χ4v) is 2.89. The van der Waals surface area contributed by atoms with E-state index >= 15 is 0 Å². The Labute approximate surface area is 137 Å². The van der Waals surface area contributed by atoms with Crippen molar-refractivity contribution >= 4 is 23.9 Å². The number of nitrogens with zero attached hydrogens (tertiary/aromatic N) is 2. The number of nitrogens with one attached hydrogen (secondary N) is 1. The van der Waals surface area contributed by atoms with Crippen LogP contribution in [-0.4, -0.2) is 60.1 Å². The molecule has 3 aliphatic heterocycles. The van der Waals surface area contributed by atoms with Gasteiger partial charge in [0, 0.05) is 19.2 Å². The molecule has 1 aromatic carbocycles. The van der Waals surface area contributed by atoms with Crippen LogP contribution >= 0.6 is 0 Å². The van der Waals surface area contributed by atoms with Crippen molar-refractivity contribution in [3.8, 4) is 11.5 Å². The molecule has 0 radical (unpaired) electrons. The first-order valence-corrected chi connectivity index (χ1v) is 7.58. The minimum Gasteiger partial charge on any atom is -0.454 e. The van der Waals surface area contributed by atoms with Crippen molar-refractivity contribution in [1.82, 2.24) is 15.1 Å². The van der Waals surface area contributed by atoms with E-state index in [0.29, 0.717) is 24.6 Å². The number of ether oxygens (including phenoxy) is 2. The van der Waals surface area contributed by atoms with E-state index in [0.717, 1.165) is 5.56 Å². The highest BCUT2D eigenvalue weighted by Gasteiger charge is 2.42. The monoisotopic (exact) mass is 329 g/mol. The summed E-state index contributed by atoms with van der Waals surface area (Å²) in [5.74, 6) is 0.953. The number of rotatable bonds is 3. The molecule has 2 saturated heterocycles. The molecule has 124 valence electrons. The van der Waals surface area contributed by atoms with E-state index in [1.807, 2.05) is 6.07 Å². The quantitative estimate of drug-likeness (QED) is 0.632. The van der Waals surface area contributed by atoms with Gasteiger partial charge < -0.3 is 19.7 Å². The fourth-order valence-electron chi connectivity index (χ4n) is 2.89. The lowest BCUT2D eigenvalue weighted by Crippen LogP contribution is -2.62. The van der Waals surface area contributed by atoms with Gasteiger partial charge in [0.25, 0.3) is 0 Å². The van der Waals surface area contributed by atoms with Gasteiger partial charge in [-0.05, 0) is 23.8 Å². The molecule has 2 fully saturated rings. The lowest BCUT2D eigenvalue weighted by molar-refractivity contribution is -0.138. The Kier molecular flexibility index (Phi) is 3.37. The molecule has 8 heteroatoms. The van der Waals surface area contributed by atoms with Crippen LogP contribution in [0, 0.1) is 0 Å². The number of imide groups is 1. The van der Waals surface area contributed by atoms with Crippen LogP contribution in [0.25, 0.3) is 6.08 Å². The summed E-state index contributed by atoms with van der Waals surface area (Å²) in [6, 6.07) is 4.82. The zero-order valence-corrected chi connectivity index (χ0v) is 12.7. The first kappa shape index (κ1) is 14.6. The Hall–Kier alpha value is -3.03. The normalized spacial score (nSPS) is 19.8. The number of urea groups is 1. The molecule has 4 amide bonds. The number of fused-ring (bicyclic) bond motifs is 1. The third-order valence-corrected chi connectivity index (χ3v) is 4.23. The minimum absolute atomic E-state index is 0.0350. The standard InChI is InChI=1S/C16H15N3O5/c20-14(4-2-10-1-3-12-13(5-10)24-9-23-12)18-7-11(8-18)19-15(21)6-17-16(19)22/h1-5,11H,6-9H2,(H,17,22)/b4-2+. The van der Waals surface area contributed by atoms with Crippen LogP contribution in [0.4, 0.5) is 4.79 Å². The van der Waals surface area contributed by atoms with Gasteiger partial charge in [0.05, 0.1) is 12.6 Å². The summed E-state index contributed by atoms with van der Waals surface area (Å²) >= 11 is 0. The number of likely N-dealkylation sites (tertiary alicyclic amines) is 1. The minimum atomic E-state index is -0.381. The first-order chi connectivity index (χ1) is 11.6. The topological polar surface area (TPSA) is 88.2 Å². The predicted molar refractivity (Wildman–Crippen MR) is 82.2 cm³/mol. The third-order valence-electron chi connectivity index (χ3n) is 4.23. The molecule has 0 unspecified atom stereocenters. The molecule has 4 rings (SSSR count). The second kappa shape index (κ2) is 5.55. The molecule has 0 spiro atoms. The van der Waals surface area contributed by atoms with Gasteiger partial charge in [-0.25, -0.2) is 4.79 Å². The maximum absolute atomic E-state index is 12.1. The summed E-state index contributed by atoms with van der Waals surface area (Å²) in [5.41, 5.74) is 0.832. The van der Waals surface area contributed by atoms with Crippen molar-refractivity contribution in [2.24, 2.45) is 0 Å². The lowest BCUT2D eigenvalue weighted by Gasteiger charge is -2.41. The molecule has 3 heterocycles. The van der Waals surface area contributed by atoms with Gasteiger partial charge in [-0.3, -0.25) is 14.5 Å². The van der Waals surface area contributed by atoms with Crippen LogP contribution < -0.4 is 14.8 Å². The summed E-state index contributed by atoms with van der Waals surface area (Å²) in [7, 11) is 0. The zero-order valence-electron chi connectivity index (χ0n) is 12.7. The highest BCUT2D eigenvalue weighted by molar-refractivity contribution is 6.02. The van der Waals surface area contributed by atoms with E-state index in [9.17, 15) is 14.4 Å². The highest BCUT2D eigenvalue weighted by atomic mass is 16.7. The van der Waals surface area contributed by atoms with Crippen molar-refractivity contribution in [3.05, 3.63) is 29.8 Å². The Morgan fingerprint density at radius 1 is 1.21 bits per heavy atom. The molecule has 0 atom stereocenters. The third kappa shape index (κ3) is 2.45. The molecule has 1 aromatic rings. The van der Waals surface area contributed by atoms with E-state index in [4.69, 9.17) is 9.47 Å². The van der Waals surface area contributed by atoms with Gasteiger partial charge in [0.15, 0.2) is 11.5 Å². The molecular weight excluding hydrogens is 314 g/mol. The maximum Gasteiger partial charge on any atom is 0.324 e. The Balaban J connectivity index is 1.34. The van der Waals surface area contributed by atoms with E-state index in [1.165, 1.54) is 11.0 Å². The van der Waals surface area contributed by atoms with Crippen molar-refractivity contribution in [1.29, 1.82) is 0 Å². The number of hydrogen-bond donors (Lipinski definition) is 1. The second-order valence-electron chi connectivity index (χ2n) is 5.77. The summed E-state index contributed by atoms with van der Waals surface area (Å²) in [6.45, 7) is 0.972. The predicted octanol–water partition coefficient (Wildman–Crippen LogP) is 0.191. The molecule has 8 nitrogen and oxygen atoms in total.